The number of hydrogen-bond acceptors (Lipinski definition) is 4. The lowest BCUT2D eigenvalue weighted by molar-refractivity contribution is -0.148. The molecular weight excluding hydrogens is 278 g/mol. The highest BCUT2D eigenvalue weighted by Gasteiger charge is 2.48. The molecule has 2 heterocycles. The molecule has 1 unspecified atom stereocenters. The summed E-state index contributed by atoms with van der Waals surface area (Å²) in [4.78, 5) is 30.4. The van der Waals surface area contributed by atoms with Crippen LogP contribution in [0.4, 0.5) is 4.79 Å². The third-order valence-corrected chi connectivity index (χ3v) is 4.90. The highest BCUT2D eigenvalue weighted by atomic mass is 32.1. The Kier molecular flexibility index (Phi) is 4.27. The maximum absolute atomic E-state index is 12.3. The molecule has 0 saturated carbocycles. The number of aryl methyl sites for hydroxylation is 1. The minimum Gasteiger partial charge on any atom is -0.479 e. The van der Waals surface area contributed by atoms with Gasteiger partial charge in [0.1, 0.15) is 5.54 Å². The summed E-state index contributed by atoms with van der Waals surface area (Å²) in [6.07, 6.45) is 1.67. The summed E-state index contributed by atoms with van der Waals surface area (Å²) in [7, 11) is 0. The molecule has 110 valence electrons. The minimum absolute atomic E-state index is 0.306. The molecule has 1 fully saturated rings. The summed E-state index contributed by atoms with van der Waals surface area (Å²) in [5.41, 5.74) is 1.59. The predicted octanol–water partition coefficient (Wildman–Crippen LogP) is 1.99. The molecular formula is C13H19N3O3S. The molecule has 1 saturated heterocycles. The Morgan fingerprint density at radius 3 is 2.90 bits per heavy atom. The van der Waals surface area contributed by atoms with Crippen molar-refractivity contribution >= 4 is 23.3 Å². The molecule has 1 aliphatic heterocycles. The number of carbonyl (C=O) groups is 2. The number of urea groups is 1. The van der Waals surface area contributed by atoms with E-state index in [2.05, 4.69) is 10.3 Å². The highest BCUT2D eigenvalue weighted by Crippen LogP contribution is 2.32. The number of carbonyl (C=O) groups excluding carboxylic acids is 1. The largest absolute Gasteiger partial charge is 0.479 e. The zero-order valence-corrected chi connectivity index (χ0v) is 12.5. The van der Waals surface area contributed by atoms with Gasteiger partial charge in [-0.1, -0.05) is 6.92 Å². The van der Waals surface area contributed by atoms with Gasteiger partial charge in [0.25, 0.3) is 0 Å². The molecule has 2 N–H and O–H groups in total. The van der Waals surface area contributed by atoms with Gasteiger partial charge in [0.15, 0.2) is 0 Å². The first-order valence-electron chi connectivity index (χ1n) is 6.69. The lowest BCUT2D eigenvalue weighted by Crippen LogP contribution is -2.55. The molecule has 7 heteroatoms. The van der Waals surface area contributed by atoms with E-state index in [0.717, 1.165) is 17.0 Å². The highest BCUT2D eigenvalue weighted by molar-refractivity contribution is 7.09. The Hall–Kier alpha value is -1.63. The molecule has 6 nitrogen and oxygen atoms in total. The molecule has 0 aromatic carbocycles. The van der Waals surface area contributed by atoms with Gasteiger partial charge in [-0.3, -0.25) is 0 Å². The number of nitrogens with zero attached hydrogens (tertiary/aromatic N) is 2. The number of thiazole rings is 1. The van der Waals surface area contributed by atoms with Crippen LogP contribution in [0, 0.1) is 6.92 Å². The van der Waals surface area contributed by atoms with Gasteiger partial charge < -0.3 is 15.3 Å². The van der Waals surface area contributed by atoms with Crippen molar-refractivity contribution in [1.29, 1.82) is 0 Å². The van der Waals surface area contributed by atoms with E-state index >= 15 is 0 Å². The van der Waals surface area contributed by atoms with Crippen LogP contribution in [0.25, 0.3) is 0 Å². The normalized spacial score (nSPS) is 22.0. The Bertz CT molecular complexity index is 517. The van der Waals surface area contributed by atoms with Crippen molar-refractivity contribution in [2.75, 3.05) is 6.54 Å². The number of likely N-dealkylation sites (tertiary alicyclic amines) is 1. The molecule has 2 amide bonds. The number of nitrogens with one attached hydrogen (secondary N) is 1. The molecule has 0 radical (unpaired) electrons. The van der Waals surface area contributed by atoms with Gasteiger partial charge in [0.2, 0.25) is 0 Å². The molecule has 0 spiro atoms. The Morgan fingerprint density at radius 2 is 2.35 bits per heavy atom. The van der Waals surface area contributed by atoms with Gasteiger partial charge in [-0.2, -0.15) is 0 Å². The zero-order chi connectivity index (χ0) is 14.8. The third kappa shape index (κ3) is 2.49. The first kappa shape index (κ1) is 14.8. The second kappa shape index (κ2) is 5.78. The van der Waals surface area contributed by atoms with Crippen molar-refractivity contribution in [1.82, 2.24) is 15.2 Å². The average Bonchev–Trinajstić information content (AvgIpc) is 3.02. The summed E-state index contributed by atoms with van der Waals surface area (Å²) in [5, 5.41) is 12.3. The molecule has 1 aromatic heterocycles. The number of carboxylic acids is 1. The van der Waals surface area contributed by atoms with E-state index in [4.69, 9.17) is 0 Å². The maximum Gasteiger partial charge on any atom is 0.329 e. The van der Waals surface area contributed by atoms with Crippen molar-refractivity contribution < 1.29 is 14.7 Å². The number of rotatable bonds is 4. The fourth-order valence-electron chi connectivity index (χ4n) is 2.66. The fraction of sp³-hybridized carbons (Fsp3) is 0.615. The van der Waals surface area contributed by atoms with E-state index in [-0.39, 0.29) is 6.03 Å². The summed E-state index contributed by atoms with van der Waals surface area (Å²) in [5.74, 6) is -0.915. The van der Waals surface area contributed by atoms with Crippen LogP contribution in [-0.2, 0) is 11.3 Å². The van der Waals surface area contributed by atoms with E-state index in [1.165, 1.54) is 16.2 Å². The zero-order valence-electron chi connectivity index (χ0n) is 11.7. The van der Waals surface area contributed by atoms with Gasteiger partial charge in [-0.25, -0.2) is 14.6 Å². The number of amides is 2. The number of carboxylic acid groups (broad SMARTS) is 1. The topological polar surface area (TPSA) is 82.5 Å². The molecule has 2 rings (SSSR count). The van der Waals surface area contributed by atoms with Crippen molar-refractivity contribution in [2.24, 2.45) is 0 Å². The lowest BCUT2D eigenvalue weighted by Gasteiger charge is -2.33. The SMILES string of the molecule is CCC1(C(=O)O)CCCN1C(=O)NCc1scnc1C. The average molecular weight is 297 g/mol. The predicted molar refractivity (Wildman–Crippen MR) is 75.7 cm³/mol. The first-order chi connectivity index (χ1) is 9.51. The summed E-state index contributed by atoms with van der Waals surface area (Å²) < 4.78 is 0. The quantitative estimate of drug-likeness (QED) is 0.890. The monoisotopic (exact) mass is 297 g/mol. The Balaban J connectivity index is 2.05. The Morgan fingerprint density at radius 1 is 1.60 bits per heavy atom. The Labute approximate surface area is 121 Å². The smallest absolute Gasteiger partial charge is 0.329 e. The third-order valence-electron chi connectivity index (χ3n) is 3.96. The van der Waals surface area contributed by atoms with Crippen LogP contribution in [0.3, 0.4) is 0 Å². The van der Waals surface area contributed by atoms with Gasteiger partial charge in [0.05, 0.1) is 17.7 Å². The van der Waals surface area contributed by atoms with Crippen molar-refractivity contribution in [3.05, 3.63) is 16.1 Å². The van der Waals surface area contributed by atoms with Gasteiger partial charge >= 0.3 is 12.0 Å². The molecule has 1 atom stereocenters. The van der Waals surface area contributed by atoms with Crippen LogP contribution >= 0.6 is 11.3 Å². The van der Waals surface area contributed by atoms with Crippen LogP contribution in [-0.4, -0.2) is 39.1 Å². The van der Waals surface area contributed by atoms with Crippen LogP contribution in [0.2, 0.25) is 0 Å². The second-order valence-corrected chi connectivity index (χ2v) is 5.90. The molecule has 0 bridgehead atoms. The van der Waals surface area contributed by atoms with E-state index in [1.54, 1.807) is 5.51 Å². The van der Waals surface area contributed by atoms with Crippen LogP contribution in [0.15, 0.2) is 5.51 Å². The number of aliphatic carboxylic acids is 1. The molecule has 0 aliphatic carbocycles. The van der Waals surface area contributed by atoms with Gasteiger partial charge in [0, 0.05) is 11.4 Å². The first-order valence-corrected chi connectivity index (χ1v) is 7.57. The molecule has 1 aliphatic rings. The van der Waals surface area contributed by atoms with Crippen LogP contribution in [0.5, 0.6) is 0 Å². The molecule has 20 heavy (non-hydrogen) atoms. The minimum atomic E-state index is -1.05. The van der Waals surface area contributed by atoms with E-state index in [1.807, 2.05) is 13.8 Å². The molecule has 1 aromatic rings. The summed E-state index contributed by atoms with van der Waals surface area (Å²) in [6, 6.07) is -0.306. The maximum atomic E-state index is 12.3. The van der Waals surface area contributed by atoms with E-state index in [0.29, 0.717) is 25.9 Å². The number of hydrogen-bond donors (Lipinski definition) is 2. The fourth-order valence-corrected chi connectivity index (χ4v) is 3.38. The van der Waals surface area contributed by atoms with Crippen LogP contribution in [0.1, 0.15) is 36.8 Å². The summed E-state index contributed by atoms with van der Waals surface area (Å²) in [6.45, 7) is 4.59. The van der Waals surface area contributed by atoms with Crippen molar-refractivity contribution in [3.8, 4) is 0 Å². The number of aromatic nitrogens is 1. The van der Waals surface area contributed by atoms with Crippen LogP contribution < -0.4 is 5.32 Å². The van der Waals surface area contributed by atoms with Gasteiger partial charge in [-0.05, 0) is 26.2 Å². The lowest BCUT2D eigenvalue weighted by atomic mass is 9.93. The van der Waals surface area contributed by atoms with Crippen molar-refractivity contribution in [2.45, 2.75) is 45.2 Å². The van der Waals surface area contributed by atoms with Crippen molar-refractivity contribution in [3.63, 3.8) is 0 Å². The second-order valence-electron chi connectivity index (χ2n) is 4.97. The summed E-state index contributed by atoms with van der Waals surface area (Å²) >= 11 is 1.49. The van der Waals surface area contributed by atoms with E-state index in [9.17, 15) is 14.7 Å². The standard InChI is InChI=1S/C13H19N3O3S/c1-3-13(11(17)18)5-4-6-16(13)12(19)14-7-10-9(2)15-8-20-10/h8H,3-7H2,1-2H3,(H,14,19)(H,17,18). The van der Waals surface area contributed by atoms with Gasteiger partial charge in [-0.15, -0.1) is 11.3 Å². The van der Waals surface area contributed by atoms with E-state index < -0.39 is 11.5 Å².